The number of rotatable bonds is 8. The standard InChI is InChI=1S/C24H31ClN4O5/c1-24(2,3)12-18(29-21(31)16-10-13-6-5-7-15(25)19(13)27-16)22(32)28-17(23(33)34-4)11-14-8-9-26-20(14)30/h5-7,10,14,17-18,27H,8-9,11-12H2,1-4H3,(H,26,30)(H,28,32)(H,29,31)/t14-,17?,18?/m0/s1. The lowest BCUT2D eigenvalue weighted by Crippen LogP contribution is -2.53. The quantitative estimate of drug-likeness (QED) is 0.422. The van der Waals surface area contributed by atoms with E-state index in [0.29, 0.717) is 29.9 Å². The summed E-state index contributed by atoms with van der Waals surface area (Å²) >= 11 is 6.20. The van der Waals surface area contributed by atoms with Crippen LogP contribution in [0.1, 0.15) is 50.5 Å². The van der Waals surface area contributed by atoms with Gasteiger partial charge in [0.25, 0.3) is 5.91 Å². The monoisotopic (exact) mass is 490 g/mol. The molecule has 0 bridgehead atoms. The van der Waals surface area contributed by atoms with Crippen molar-refractivity contribution < 1.29 is 23.9 Å². The number of para-hydroxylation sites is 1. The van der Waals surface area contributed by atoms with Crippen LogP contribution in [-0.4, -0.2) is 54.4 Å². The number of ether oxygens (including phenoxy) is 1. The molecule has 1 aliphatic rings. The second-order valence-electron chi connectivity index (χ2n) is 9.77. The second-order valence-corrected chi connectivity index (χ2v) is 10.2. The van der Waals surface area contributed by atoms with Gasteiger partial charge in [0.05, 0.1) is 17.6 Å². The number of halogens is 1. The number of nitrogens with one attached hydrogen (secondary N) is 4. The van der Waals surface area contributed by atoms with Crippen LogP contribution in [0.25, 0.3) is 10.9 Å². The maximum atomic E-state index is 13.2. The van der Waals surface area contributed by atoms with Crippen LogP contribution in [0.2, 0.25) is 5.02 Å². The molecular formula is C24H31ClN4O5. The third kappa shape index (κ3) is 6.28. The van der Waals surface area contributed by atoms with E-state index in [1.165, 1.54) is 7.11 Å². The maximum Gasteiger partial charge on any atom is 0.328 e. The lowest BCUT2D eigenvalue weighted by molar-refractivity contribution is -0.146. The van der Waals surface area contributed by atoms with Gasteiger partial charge in [0, 0.05) is 17.8 Å². The molecule has 184 valence electrons. The third-order valence-corrected chi connectivity index (χ3v) is 6.09. The summed E-state index contributed by atoms with van der Waals surface area (Å²) in [5.74, 6) is -2.18. The molecule has 1 saturated heterocycles. The van der Waals surface area contributed by atoms with E-state index >= 15 is 0 Å². The minimum absolute atomic E-state index is 0.126. The SMILES string of the molecule is COC(=O)C(C[C@@H]1CCNC1=O)NC(=O)C(CC(C)(C)C)NC(=O)c1cc2cccc(Cl)c2[nH]1. The van der Waals surface area contributed by atoms with E-state index in [-0.39, 0.29) is 23.4 Å². The Balaban J connectivity index is 1.78. The van der Waals surface area contributed by atoms with Crippen molar-refractivity contribution >= 4 is 46.2 Å². The largest absolute Gasteiger partial charge is 0.467 e. The van der Waals surface area contributed by atoms with Crippen molar-refractivity contribution in [2.75, 3.05) is 13.7 Å². The first-order valence-electron chi connectivity index (χ1n) is 11.2. The lowest BCUT2D eigenvalue weighted by atomic mass is 9.87. The number of carbonyl (C=O) groups is 4. The number of hydrogen-bond acceptors (Lipinski definition) is 5. The molecular weight excluding hydrogens is 460 g/mol. The first-order chi connectivity index (χ1) is 16.0. The van der Waals surface area contributed by atoms with E-state index in [1.54, 1.807) is 18.2 Å². The smallest absolute Gasteiger partial charge is 0.328 e. The zero-order valence-electron chi connectivity index (χ0n) is 19.8. The third-order valence-electron chi connectivity index (χ3n) is 5.77. The Morgan fingerprint density at radius 1 is 1.21 bits per heavy atom. The second kappa shape index (κ2) is 10.5. The van der Waals surface area contributed by atoms with Gasteiger partial charge in [0.15, 0.2) is 0 Å². The Bertz CT molecular complexity index is 1090. The number of benzene rings is 1. The van der Waals surface area contributed by atoms with Gasteiger partial charge in [-0.25, -0.2) is 4.79 Å². The fourth-order valence-corrected chi connectivity index (χ4v) is 4.31. The summed E-state index contributed by atoms with van der Waals surface area (Å²) in [4.78, 5) is 53.6. The zero-order valence-corrected chi connectivity index (χ0v) is 20.5. The molecule has 3 atom stereocenters. The molecule has 0 spiro atoms. The van der Waals surface area contributed by atoms with Crippen LogP contribution in [0.5, 0.6) is 0 Å². The summed E-state index contributed by atoms with van der Waals surface area (Å²) in [6.45, 7) is 6.37. The van der Waals surface area contributed by atoms with Crippen molar-refractivity contribution in [3.05, 3.63) is 35.0 Å². The summed E-state index contributed by atoms with van der Waals surface area (Å²) in [6, 6.07) is 5.08. The Hall–Kier alpha value is -3.07. The predicted octanol–water partition coefficient (Wildman–Crippen LogP) is 2.54. The van der Waals surface area contributed by atoms with Crippen molar-refractivity contribution in [2.24, 2.45) is 11.3 Å². The molecule has 0 aliphatic carbocycles. The van der Waals surface area contributed by atoms with Gasteiger partial charge in [0.2, 0.25) is 11.8 Å². The number of esters is 1. The number of carbonyl (C=O) groups excluding carboxylic acids is 4. The number of amides is 3. The number of aromatic amines is 1. The van der Waals surface area contributed by atoms with Gasteiger partial charge in [0.1, 0.15) is 17.8 Å². The van der Waals surface area contributed by atoms with Gasteiger partial charge in [-0.15, -0.1) is 0 Å². The van der Waals surface area contributed by atoms with Gasteiger partial charge in [-0.2, -0.15) is 0 Å². The molecule has 2 unspecified atom stereocenters. The fourth-order valence-electron chi connectivity index (χ4n) is 4.08. The zero-order chi connectivity index (χ0) is 25.0. The fraction of sp³-hybridized carbons (Fsp3) is 0.500. The molecule has 1 aliphatic heterocycles. The van der Waals surface area contributed by atoms with Gasteiger partial charge in [-0.3, -0.25) is 14.4 Å². The number of methoxy groups -OCH3 is 1. The molecule has 2 heterocycles. The highest BCUT2D eigenvalue weighted by Gasteiger charge is 2.34. The van der Waals surface area contributed by atoms with Crippen molar-refractivity contribution in [3.8, 4) is 0 Å². The Morgan fingerprint density at radius 2 is 1.94 bits per heavy atom. The van der Waals surface area contributed by atoms with Gasteiger partial charge in [-0.1, -0.05) is 44.5 Å². The van der Waals surface area contributed by atoms with E-state index in [9.17, 15) is 19.2 Å². The molecule has 3 rings (SSSR count). The molecule has 4 N–H and O–H groups in total. The molecule has 1 fully saturated rings. The molecule has 1 aromatic carbocycles. The molecule has 1 aromatic heterocycles. The number of hydrogen-bond donors (Lipinski definition) is 4. The van der Waals surface area contributed by atoms with E-state index in [4.69, 9.17) is 16.3 Å². The van der Waals surface area contributed by atoms with Crippen molar-refractivity contribution in [1.29, 1.82) is 0 Å². The summed E-state index contributed by atoms with van der Waals surface area (Å²) < 4.78 is 4.84. The molecule has 34 heavy (non-hydrogen) atoms. The number of aromatic nitrogens is 1. The van der Waals surface area contributed by atoms with Crippen LogP contribution in [0, 0.1) is 11.3 Å². The highest BCUT2D eigenvalue weighted by Crippen LogP contribution is 2.25. The highest BCUT2D eigenvalue weighted by molar-refractivity contribution is 6.35. The highest BCUT2D eigenvalue weighted by atomic mass is 35.5. The average molecular weight is 491 g/mol. The van der Waals surface area contributed by atoms with E-state index in [2.05, 4.69) is 20.9 Å². The molecule has 0 saturated carbocycles. The number of H-pyrrole nitrogens is 1. The topological polar surface area (TPSA) is 129 Å². The Morgan fingerprint density at radius 3 is 2.53 bits per heavy atom. The molecule has 0 radical (unpaired) electrons. The van der Waals surface area contributed by atoms with E-state index in [0.717, 1.165) is 5.39 Å². The summed E-state index contributed by atoms with van der Waals surface area (Å²) in [5, 5.41) is 9.45. The van der Waals surface area contributed by atoms with Crippen molar-refractivity contribution in [3.63, 3.8) is 0 Å². The Labute approximate surface area is 203 Å². The van der Waals surface area contributed by atoms with E-state index < -0.39 is 35.8 Å². The Kier molecular flexibility index (Phi) is 7.86. The van der Waals surface area contributed by atoms with Gasteiger partial charge in [-0.05, 0) is 36.8 Å². The van der Waals surface area contributed by atoms with Crippen LogP contribution in [0.3, 0.4) is 0 Å². The van der Waals surface area contributed by atoms with Crippen LogP contribution >= 0.6 is 11.6 Å². The normalized spacial score (nSPS) is 17.7. The maximum absolute atomic E-state index is 13.2. The van der Waals surface area contributed by atoms with Crippen LogP contribution in [0.4, 0.5) is 0 Å². The minimum atomic E-state index is -1.00. The molecule has 10 heteroatoms. The molecule has 3 amide bonds. The molecule has 9 nitrogen and oxygen atoms in total. The summed E-state index contributed by atoms with van der Waals surface area (Å²) in [5.41, 5.74) is 0.596. The van der Waals surface area contributed by atoms with Gasteiger partial charge >= 0.3 is 5.97 Å². The predicted molar refractivity (Wildman–Crippen MR) is 128 cm³/mol. The van der Waals surface area contributed by atoms with Crippen molar-refractivity contribution in [2.45, 2.75) is 52.1 Å². The number of fused-ring (bicyclic) bond motifs is 1. The van der Waals surface area contributed by atoms with Crippen LogP contribution in [-0.2, 0) is 19.1 Å². The first kappa shape index (κ1) is 25.6. The van der Waals surface area contributed by atoms with Crippen LogP contribution in [0.15, 0.2) is 24.3 Å². The summed E-state index contributed by atoms with van der Waals surface area (Å²) in [6.07, 6.45) is 1.03. The molecule has 2 aromatic rings. The van der Waals surface area contributed by atoms with Crippen molar-refractivity contribution in [1.82, 2.24) is 20.9 Å². The van der Waals surface area contributed by atoms with Crippen LogP contribution < -0.4 is 16.0 Å². The minimum Gasteiger partial charge on any atom is -0.467 e. The van der Waals surface area contributed by atoms with Gasteiger partial charge < -0.3 is 25.7 Å². The first-order valence-corrected chi connectivity index (χ1v) is 11.6. The lowest BCUT2D eigenvalue weighted by Gasteiger charge is -2.28. The average Bonchev–Trinajstić information content (AvgIpc) is 3.38. The summed E-state index contributed by atoms with van der Waals surface area (Å²) in [7, 11) is 1.23. The van der Waals surface area contributed by atoms with E-state index in [1.807, 2.05) is 26.8 Å².